The van der Waals surface area contributed by atoms with Crippen LogP contribution in [0.15, 0.2) is 85.7 Å². The number of rotatable bonds is 12. The van der Waals surface area contributed by atoms with Gasteiger partial charge in [-0.1, -0.05) is 24.8 Å². The van der Waals surface area contributed by atoms with E-state index in [1.165, 1.54) is 50.5 Å². The monoisotopic (exact) mass is 693 g/mol. The average Bonchev–Trinajstić information content (AvgIpc) is 3.86. The van der Waals surface area contributed by atoms with Crippen molar-refractivity contribution in [1.29, 1.82) is 0 Å². The Morgan fingerprint density at radius 2 is 1.76 bits per heavy atom. The zero-order valence-electron chi connectivity index (χ0n) is 28.9. The molecule has 4 aromatic rings. The number of ether oxygens (including phenoxy) is 2. The van der Waals surface area contributed by atoms with Crippen LogP contribution >= 0.6 is 0 Å². The summed E-state index contributed by atoms with van der Waals surface area (Å²) in [6.07, 6.45) is 8.99. The second-order valence-corrected chi connectivity index (χ2v) is 13.1. The fraction of sp³-hybridized carbons (Fsp3) is 0.359. The van der Waals surface area contributed by atoms with Gasteiger partial charge in [-0.3, -0.25) is 9.63 Å². The molecule has 51 heavy (non-hydrogen) atoms. The standard InChI is InChI=1S/C39H44FN7O4/c1-3-39(48)44-33-23-34(36(49-2)24-35(33)46-17-12-29(13-18-46)45-15-4-5-16-45)43-37-25-38(42-26-41-37)47-30(14-19-50-47)20-27-8-6-10-31(21-27)51-32-11-7-9-28(40)22-32/h3,6-11,21-26,29-30H,1,4-5,12-20H2,2H3,(H,44,48)(H,41,42,43). The predicted molar refractivity (Wildman–Crippen MR) is 197 cm³/mol. The minimum absolute atomic E-state index is 0.0151. The predicted octanol–water partition coefficient (Wildman–Crippen LogP) is 7.10. The van der Waals surface area contributed by atoms with E-state index in [2.05, 4.69) is 37.0 Å². The first-order valence-corrected chi connectivity index (χ1v) is 17.6. The quantitative estimate of drug-likeness (QED) is 0.149. The molecule has 1 atom stereocenters. The van der Waals surface area contributed by atoms with E-state index in [9.17, 15) is 9.18 Å². The van der Waals surface area contributed by atoms with Crippen molar-refractivity contribution in [2.45, 2.75) is 50.6 Å². The summed E-state index contributed by atoms with van der Waals surface area (Å²) in [5.74, 6) is 2.22. The van der Waals surface area contributed by atoms with Crippen LogP contribution < -0.4 is 30.1 Å². The van der Waals surface area contributed by atoms with Gasteiger partial charge in [0.1, 0.15) is 35.2 Å². The number of nitrogens with zero attached hydrogens (tertiary/aromatic N) is 5. The third kappa shape index (κ3) is 8.24. The van der Waals surface area contributed by atoms with Crippen molar-refractivity contribution in [1.82, 2.24) is 14.9 Å². The van der Waals surface area contributed by atoms with Gasteiger partial charge < -0.3 is 29.9 Å². The number of hydroxylamine groups is 1. The number of likely N-dealkylation sites (tertiary alicyclic amines) is 1. The molecule has 3 saturated heterocycles. The number of nitrogens with one attached hydrogen (secondary N) is 2. The third-order valence-corrected chi connectivity index (χ3v) is 9.78. The lowest BCUT2D eigenvalue weighted by Crippen LogP contribution is -2.44. The first-order chi connectivity index (χ1) is 24.9. The van der Waals surface area contributed by atoms with Gasteiger partial charge in [-0.15, -0.1) is 0 Å². The number of piperidine rings is 1. The van der Waals surface area contributed by atoms with Crippen molar-refractivity contribution in [3.05, 3.63) is 97.1 Å². The summed E-state index contributed by atoms with van der Waals surface area (Å²) in [6, 6.07) is 20.2. The van der Waals surface area contributed by atoms with E-state index in [-0.39, 0.29) is 17.8 Å². The summed E-state index contributed by atoms with van der Waals surface area (Å²) < 4.78 is 25.5. The maximum absolute atomic E-state index is 13.7. The molecule has 1 aromatic heterocycles. The van der Waals surface area contributed by atoms with Gasteiger partial charge in [0.15, 0.2) is 5.82 Å². The molecule has 0 spiro atoms. The Morgan fingerprint density at radius 3 is 2.53 bits per heavy atom. The number of methoxy groups -OCH3 is 1. The van der Waals surface area contributed by atoms with Crippen molar-refractivity contribution >= 4 is 34.6 Å². The topological polar surface area (TPSA) is 104 Å². The van der Waals surface area contributed by atoms with E-state index < -0.39 is 0 Å². The maximum atomic E-state index is 13.7. The summed E-state index contributed by atoms with van der Waals surface area (Å²) in [4.78, 5) is 32.6. The Hall–Kier alpha value is -5.20. The summed E-state index contributed by atoms with van der Waals surface area (Å²) in [6.45, 7) is 8.38. The van der Waals surface area contributed by atoms with Gasteiger partial charge in [-0.25, -0.2) is 19.4 Å². The molecular weight excluding hydrogens is 649 g/mol. The highest BCUT2D eigenvalue weighted by molar-refractivity contribution is 6.02. The minimum atomic E-state index is -0.347. The zero-order chi connectivity index (χ0) is 35.2. The van der Waals surface area contributed by atoms with E-state index in [0.29, 0.717) is 59.3 Å². The number of amides is 1. The van der Waals surface area contributed by atoms with Gasteiger partial charge in [-0.2, -0.15) is 0 Å². The Bertz CT molecular complexity index is 1840. The number of carbonyl (C=O) groups is 1. The van der Waals surface area contributed by atoms with Crippen molar-refractivity contribution < 1.29 is 23.5 Å². The lowest BCUT2D eigenvalue weighted by molar-refractivity contribution is -0.111. The molecule has 0 saturated carbocycles. The second kappa shape index (κ2) is 15.8. The highest BCUT2D eigenvalue weighted by Crippen LogP contribution is 2.40. The van der Waals surface area contributed by atoms with Crippen LogP contribution in [0.4, 0.5) is 33.1 Å². The van der Waals surface area contributed by atoms with E-state index in [4.69, 9.17) is 14.3 Å². The molecule has 0 bridgehead atoms. The number of benzene rings is 3. The van der Waals surface area contributed by atoms with Crippen LogP contribution in [0.25, 0.3) is 0 Å². The molecule has 1 unspecified atom stereocenters. The Kier molecular flexibility index (Phi) is 10.6. The van der Waals surface area contributed by atoms with Gasteiger partial charge in [-0.05, 0) is 93.6 Å². The van der Waals surface area contributed by atoms with Gasteiger partial charge in [0.05, 0.1) is 36.8 Å². The van der Waals surface area contributed by atoms with Crippen LogP contribution in [0.3, 0.4) is 0 Å². The molecule has 11 nitrogen and oxygen atoms in total. The molecular formula is C39H44FN7O4. The highest BCUT2D eigenvalue weighted by atomic mass is 19.1. The number of carbonyl (C=O) groups excluding carboxylic acids is 1. The Morgan fingerprint density at radius 1 is 0.980 bits per heavy atom. The van der Waals surface area contributed by atoms with Crippen LogP contribution in [-0.4, -0.2) is 72.8 Å². The van der Waals surface area contributed by atoms with Gasteiger partial charge in [0, 0.05) is 37.3 Å². The van der Waals surface area contributed by atoms with Crippen LogP contribution in [0.2, 0.25) is 0 Å². The van der Waals surface area contributed by atoms with E-state index >= 15 is 0 Å². The second-order valence-electron chi connectivity index (χ2n) is 13.1. The molecule has 12 heteroatoms. The maximum Gasteiger partial charge on any atom is 0.247 e. The number of halogens is 1. The van der Waals surface area contributed by atoms with E-state index in [1.54, 1.807) is 19.2 Å². The van der Waals surface area contributed by atoms with Crippen LogP contribution in [0.5, 0.6) is 17.2 Å². The summed E-state index contributed by atoms with van der Waals surface area (Å²) in [5, 5.41) is 8.23. The normalized spacial score (nSPS) is 18.1. The van der Waals surface area contributed by atoms with Crippen molar-refractivity contribution in [2.24, 2.45) is 0 Å². The molecule has 3 aromatic carbocycles. The van der Waals surface area contributed by atoms with Crippen LogP contribution in [-0.2, 0) is 16.1 Å². The third-order valence-electron chi connectivity index (χ3n) is 9.78. The average molecular weight is 694 g/mol. The van der Waals surface area contributed by atoms with Crippen molar-refractivity contribution in [2.75, 3.05) is 60.5 Å². The number of hydrogen-bond acceptors (Lipinski definition) is 10. The summed E-state index contributed by atoms with van der Waals surface area (Å²) in [7, 11) is 1.64. The lowest BCUT2D eigenvalue weighted by atomic mass is 10.0. The number of anilines is 5. The molecule has 266 valence electrons. The Balaban J connectivity index is 1.07. The van der Waals surface area contributed by atoms with E-state index in [1.807, 2.05) is 47.5 Å². The van der Waals surface area contributed by atoms with E-state index in [0.717, 1.165) is 43.6 Å². The molecule has 7 rings (SSSR count). The molecule has 2 N–H and O–H groups in total. The molecule has 3 fully saturated rings. The summed E-state index contributed by atoms with van der Waals surface area (Å²) >= 11 is 0. The largest absolute Gasteiger partial charge is 0.494 e. The molecule has 3 aliphatic heterocycles. The zero-order valence-corrected chi connectivity index (χ0v) is 28.9. The van der Waals surface area contributed by atoms with Gasteiger partial charge in [0.2, 0.25) is 5.91 Å². The first-order valence-electron chi connectivity index (χ1n) is 17.6. The fourth-order valence-corrected chi connectivity index (χ4v) is 7.26. The molecule has 0 radical (unpaired) electrons. The number of aromatic nitrogens is 2. The minimum Gasteiger partial charge on any atom is -0.494 e. The van der Waals surface area contributed by atoms with Gasteiger partial charge >= 0.3 is 0 Å². The molecule has 0 aliphatic carbocycles. The SMILES string of the molecule is C=CC(=O)Nc1cc(Nc2cc(N3OCCC3Cc3cccc(Oc4cccc(F)c4)c3)ncn2)c(OC)cc1N1CCC(N2CCCC2)CC1. The lowest BCUT2D eigenvalue weighted by Gasteiger charge is -2.38. The fourth-order valence-electron chi connectivity index (χ4n) is 7.26. The number of hydrogen-bond donors (Lipinski definition) is 2. The van der Waals surface area contributed by atoms with Gasteiger partial charge in [0.25, 0.3) is 0 Å². The van der Waals surface area contributed by atoms with Crippen LogP contribution in [0, 0.1) is 5.82 Å². The molecule has 3 aliphatic rings. The van der Waals surface area contributed by atoms with Crippen molar-refractivity contribution in [3.8, 4) is 17.2 Å². The summed E-state index contributed by atoms with van der Waals surface area (Å²) in [5.41, 5.74) is 3.28. The first kappa shape index (κ1) is 34.3. The smallest absolute Gasteiger partial charge is 0.247 e. The molecule has 1 amide bonds. The van der Waals surface area contributed by atoms with Crippen LogP contribution in [0.1, 0.15) is 37.7 Å². The van der Waals surface area contributed by atoms with Crippen molar-refractivity contribution in [3.63, 3.8) is 0 Å². The molecule has 4 heterocycles. The highest BCUT2D eigenvalue weighted by Gasteiger charge is 2.30. The Labute approximate surface area is 298 Å².